The molecule has 0 radical (unpaired) electrons. The number of nitrogens with zero attached hydrogens (tertiary/aromatic N) is 1. The Hall–Kier alpha value is -3.28. The fourth-order valence-corrected chi connectivity index (χ4v) is 3.36. The highest BCUT2D eigenvalue weighted by Crippen LogP contribution is 2.23. The quantitative estimate of drug-likeness (QED) is 0.644. The Labute approximate surface area is 177 Å². The molecule has 2 aromatic rings. The van der Waals surface area contributed by atoms with Crippen molar-refractivity contribution in [3.63, 3.8) is 0 Å². The zero-order valence-electron chi connectivity index (χ0n) is 17.4. The number of rotatable bonds is 8. The maximum atomic E-state index is 12.6. The molecule has 2 N–H and O–H groups in total. The normalized spacial score (nSPS) is 14.1. The third-order valence-electron chi connectivity index (χ3n) is 5.17. The number of anilines is 2. The smallest absolute Gasteiger partial charge is 0.253 e. The Morgan fingerprint density at radius 1 is 1.13 bits per heavy atom. The summed E-state index contributed by atoms with van der Waals surface area (Å²) in [5, 5.41) is 5.93. The molecular formula is C24H29N3O3. The predicted octanol–water partition coefficient (Wildman–Crippen LogP) is 4.17. The zero-order valence-corrected chi connectivity index (χ0v) is 17.4. The van der Waals surface area contributed by atoms with E-state index in [0.717, 1.165) is 31.6 Å². The molecule has 0 bridgehead atoms. The molecule has 1 saturated heterocycles. The van der Waals surface area contributed by atoms with Crippen LogP contribution in [0.2, 0.25) is 0 Å². The van der Waals surface area contributed by atoms with E-state index in [-0.39, 0.29) is 18.4 Å². The Balaban J connectivity index is 1.51. The van der Waals surface area contributed by atoms with Gasteiger partial charge in [-0.15, -0.1) is 0 Å². The fourth-order valence-electron chi connectivity index (χ4n) is 3.36. The van der Waals surface area contributed by atoms with Gasteiger partial charge in [0.15, 0.2) is 0 Å². The molecule has 158 valence electrons. The summed E-state index contributed by atoms with van der Waals surface area (Å²) < 4.78 is 5.58. The van der Waals surface area contributed by atoms with E-state index in [2.05, 4.69) is 24.1 Å². The Morgan fingerprint density at radius 2 is 1.83 bits per heavy atom. The summed E-state index contributed by atoms with van der Waals surface area (Å²) in [5.41, 5.74) is 2.04. The molecule has 6 nitrogen and oxygen atoms in total. The van der Waals surface area contributed by atoms with Crippen molar-refractivity contribution < 1.29 is 14.3 Å². The predicted molar refractivity (Wildman–Crippen MR) is 120 cm³/mol. The summed E-state index contributed by atoms with van der Waals surface area (Å²) in [4.78, 5) is 26.8. The second-order valence-corrected chi connectivity index (χ2v) is 7.55. The SMILES string of the molecule is C=CCOc1ccccc1NCC(=O)Nc1ccc(C(=O)N2CCC(C)CC2)cc1. The van der Waals surface area contributed by atoms with Gasteiger partial charge in [0, 0.05) is 24.3 Å². The third-order valence-corrected chi connectivity index (χ3v) is 5.17. The largest absolute Gasteiger partial charge is 0.487 e. The van der Waals surface area contributed by atoms with Crippen molar-refractivity contribution in [3.8, 4) is 5.75 Å². The number of benzene rings is 2. The highest BCUT2D eigenvalue weighted by molar-refractivity contribution is 5.96. The number of hydrogen-bond acceptors (Lipinski definition) is 4. The van der Waals surface area contributed by atoms with Gasteiger partial charge in [0.05, 0.1) is 12.2 Å². The van der Waals surface area contributed by atoms with E-state index in [4.69, 9.17) is 4.74 Å². The van der Waals surface area contributed by atoms with Gasteiger partial charge in [-0.3, -0.25) is 9.59 Å². The molecule has 0 aromatic heterocycles. The van der Waals surface area contributed by atoms with Crippen molar-refractivity contribution in [1.29, 1.82) is 0 Å². The molecule has 0 unspecified atom stereocenters. The summed E-state index contributed by atoms with van der Waals surface area (Å²) in [6.45, 7) is 7.97. The second-order valence-electron chi connectivity index (χ2n) is 7.55. The highest BCUT2D eigenvalue weighted by atomic mass is 16.5. The van der Waals surface area contributed by atoms with E-state index in [0.29, 0.717) is 29.5 Å². The van der Waals surface area contributed by atoms with E-state index < -0.39 is 0 Å². The standard InChI is InChI=1S/C24H29N3O3/c1-3-16-30-22-7-5-4-6-21(22)25-17-23(28)26-20-10-8-19(9-11-20)24(29)27-14-12-18(2)13-15-27/h3-11,18,25H,1,12-17H2,2H3,(H,26,28). The summed E-state index contributed by atoms with van der Waals surface area (Å²) in [5.74, 6) is 1.22. The van der Waals surface area contributed by atoms with E-state index >= 15 is 0 Å². The van der Waals surface area contributed by atoms with E-state index in [1.807, 2.05) is 29.2 Å². The minimum atomic E-state index is -0.183. The monoisotopic (exact) mass is 407 g/mol. The van der Waals surface area contributed by atoms with Crippen molar-refractivity contribution in [1.82, 2.24) is 4.90 Å². The van der Waals surface area contributed by atoms with Gasteiger partial charge >= 0.3 is 0 Å². The number of hydrogen-bond donors (Lipinski definition) is 2. The van der Waals surface area contributed by atoms with Gasteiger partial charge in [0.2, 0.25) is 5.91 Å². The Morgan fingerprint density at radius 3 is 2.53 bits per heavy atom. The average molecular weight is 408 g/mol. The molecule has 1 aliphatic heterocycles. The molecule has 0 saturated carbocycles. The van der Waals surface area contributed by atoms with Crippen LogP contribution < -0.4 is 15.4 Å². The summed E-state index contributed by atoms with van der Waals surface area (Å²) in [6.07, 6.45) is 3.77. The number of carbonyl (C=O) groups excluding carboxylic acids is 2. The molecule has 0 spiro atoms. The molecule has 3 rings (SSSR count). The molecule has 2 aromatic carbocycles. The zero-order chi connectivity index (χ0) is 21.3. The van der Waals surface area contributed by atoms with Crippen LogP contribution in [0.3, 0.4) is 0 Å². The van der Waals surface area contributed by atoms with Gasteiger partial charge < -0.3 is 20.3 Å². The Kier molecular flexibility index (Phi) is 7.49. The van der Waals surface area contributed by atoms with Crippen molar-refractivity contribution in [2.75, 3.05) is 36.9 Å². The number of carbonyl (C=O) groups is 2. The topological polar surface area (TPSA) is 70.7 Å². The van der Waals surface area contributed by atoms with Crippen LogP contribution in [0, 0.1) is 5.92 Å². The first-order valence-corrected chi connectivity index (χ1v) is 10.3. The molecule has 2 amide bonds. The number of nitrogens with one attached hydrogen (secondary N) is 2. The first kappa shape index (κ1) is 21.4. The first-order chi connectivity index (χ1) is 14.6. The van der Waals surface area contributed by atoms with Gasteiger partial charge in [-0.25, -0.2) is 0 Å². The number of piperidine rings is 1. The molecule has 0 aliphatic carbocycles. The lowest BCUT2D eigenvalue weighted by molar-refractivity contribution is -0.114. The van der Waals surface area contributed by atoms with Crippen LogP contribution in [0.15, 0.2) is 61.2 Å². The van der Waals surface area contributed by atoms with Crippen LogP contribution in [0.4, 0.5) is 11.4 Å². The van der Waals surface area contributed by atoms with Crippen molar-refractivity contribution in [2.24, 2.45) is 5.92 Å². The lowest BCUT2D eigenvalue weighted by Gasteiger charge is -2.30. The lowest BCUT2D eigenvalue weighted by Crippen LogP contribution is -2.37. The number of amides is 2. The fraction of sp³-hybridized carbons (Fsp3) is 0.333. The molecule has 1 heterocycles. The van der Waals surface area contributed by atoms with Crippen molar-refractivity contribution in [3.05, 3.63) is 66.7 Å². The van der Waals surface area contributed by atoms with Gasteiger partial charge in [0.25, 0.3) is 5.91 Å². The molecule has 0 atom stereocenters. The van der Waals surface area contributed by atoms with Crippen molar-refractivity contribution in [2.45, 2.75) is 19.8 Å². The molecule has 6 heteroatoms. The lowest BCUT2D eigenvalue weighted by atomic mass is 9.98. The maximum Gasteiger partial charge on any atom is 0.253 e. The van der Waals surface area contributed by atoms with Crippen LogP contribution in [0.1, 0.15) is 30.1 Å². The number of para-hydroxylation sites is 2. The number of ether oxygens (including phenoxy) is 1. The molecule has 1 fully saturated rings. The van der Waals surface area contributed by atoms with Crippen molar-refractivity contribution >= 4 is 23.2 Å². The van der Waals surface area contributed by atoms with Crippen LogP contribution in [0.25, 0.3) is 0 Å². The van der Waals surface area contributed by atoms with Gasteiger partial charge in [-0.2, -0.15) is 0 Å². The highest BCUT2D eigenvalue weighted by Gasteiger charge is 2.21. The van der Waals surface area contributed by atoms with Crippen LogP contribution in [0.5, 0.6) is 5.75 Å². The molecular weight excluding hydrogens is 378 g/mol. The van der Waals surface area contributed by atoms with Crippen LogP contribution in [-0.2, 0) is 4.79 Å². The summed E-state index contributed by atoms with van der Waals surface area (Å²) in [7, 11) is 0. The summed E-state index contributed by atoms with van der Waals surface area (Å²) >= 11 is 0. The maximum absolute atomic E-state index is 12.6. The van der Waals surface area contributed by atoms with E-state index in [1.54, 1.807) is 30.3 Å². The van der Waals surface area contributed by atoms with Gasteiger partial charge in [-0.1, -0.05) is 31.7 Å². The second kappa shape index (κ2) is 10.5. The minimum Gasteiger partial charge on any atom is -0.487 e. The Bertz CT molecular complexity index is 872. The van der Waals surface area contributed by atoms with Gasteiger partial charge in [0.1, 0.15) is 12.4 Å². The molecule has 30 heavy (non-hydrogen) atoms. The van der Waals surface area contributed by atoms with Gasteiger partial charge in [-0.05, 0) is 55.2 Å². The molecule has 1 aliphatic rings. The van der Waals surface area contributed by atoms with Crippen LogP contribution >= 0.6 is 0 Å². The first-order valence-electron chi connectivity index (χ1n) is 10.3. The van der Waals surface area contributed by atoms with Crippen LogP contribution in [-0.4, -0.2) is 43.0 Å². The average Bonchev–Trinajstić information content (AvgIpc) is 2.77. The van der Waals surface area contributed by atoms with E-state index in [1.165, 1.54) is 0 Å². The third kappa shape index (κ3) is 5.86. The minimum absolute atomic E-state index is 0.0533. The summed E-state index contributed by atoms with van der Waals surface area (Å²) in [6, 6.07) is 14.5. The van der Waals surface area contributed by atoms with E-state index in [9.17, 15) is 9.59 Å². The number of likely N-dealkylation sites (tertiary alicyclic amines) is 1.